The molecule has 1 aliphatic carbocycles. The number of carbonyl (C=O) groups is 2. The van der Waals surface area contributed by atoms with Crippen molar-refractivity contribution in [1.29, 1.82) is 0 Å². The van der Waals surface area contributed by atoms with E-state index in [-0.39, 0.29) is 18.1 Å². The maximum absolute atomic E-state index is 14.4. The molecule has 0 unspecified atom stereocenters. The van der Waals surface area contributed by atoms with Crippen LogP contribution in [0.25, 0.3) is 0 Å². The minimum atomic E-state index is -0.915. The van der Waals surface area contributed by atoms with Gasteiger partial charge in [-0.25, -0.2) is 8.78 Å². The van der Waals surface area contributed by atoms with Gasteiger partial charge in [0, 0.05) is 6.07 Å². The Balaban J connectivity index is 1.65. The summed E-state index contributed by atoms with van der Waals surface area (Å²) in [5.74, 6) is -2.39. The zero-order chi connectivity index (χ0) is 20.6. The van der Waals surface area contributed by atoms with Gasteiger partial charge in [0.05, 0.1) is 45.4 Å². The molecule has 1 spiro atoms. The zero-order valence-electron chi connectivity index (χ0n) is 16.8. The lowest BCUT2D eigenvalue weighted by atomic mass is 9.89. The van der Waals surface area contributed by atoms with Crippen molar-refractivity contribution in [2.75, 3.05) is 39.8 Å². The molecule has 1 atom stereocenters. The highest BCUT2D eigenvalue weighted by molar-refractivity contribution is 5.98. The summed E-state index contributed by atoms with van der Waals surface area (Å²) in [6, 6.07) is 2.16. The molecule has 8 heteroatoms. The summed E-state index contributed by atoms with van der Waals surface area (Å²) in [6.07, 6.45) is 4.05. The molecular weight excluding hydrogens is 380 g/mol. The van der Waals surface area contributed by atoms with Crippen LogP contribution in [0.15, 0.2) is 18.2 Å². The molecule has 6 nitrogen and oxygen atoms in total. The van der Waals surface area contributed by atoms with Gasteiger partial charge < -0.3 is 14.5 Å². The molecular formula is C21H28F2N3O3+. The van der Waals surface area contributed by atoms with E-state index in [1.54, 1.807) is 4.90 Å². The van der Waals surface area contributed by atoms with Gasteiger partial charge in [0.2, 0.25) is 5.91 Å². The molecule has 0 radical (unpaired) electrons. The van der Waals surface area contributed by atoms with Gasteiger partial charge in [0.15, 0.2) is 0 Å². The van der Waals surface area contributed by atoms with Gasteiger partial charge >= 0.3 is 0 Å². The van der Waals surface area contributed by atoms with Crippen LogP contribution in [0.3, 0.4) is 0 Å². The maximum Gasteiger partial charge on any atom is 0.259 e. The molecule has 0 bridgehead atoms. The smallest absolute Gasteiger partial charge is 0.259 e. The third kappa shape index (κ3) is 3.75. The van der Waals surface area contributed by atoms with E-state index in [9.17, 15) is 18.4 Å². The van der Waals surface area contributed by atoms with Crippen LogP contribution < -0.4 is 4.90 Å². The first kappa shape index (κ1) is 20.2. The fraction of sp³-hybridized carbons (Fsp3) is 0.619. The van der Waals surface area contributed by atoms with Crippen molar-refractivity contribution >= 4 is 11.8 Å². The standard InChI is InChI=1S/C21H27F2N3O3/c1-24-9-11-25(12-10-24)20(28)18-14-29-21(7-3-2-4-8-21)26(18)19(27)16-6-5-15(22)13-17(16)23/h5-6,13,18H,2-4,7-12,14H2,1H3/p+1/t18-/m0/s1. The Morgan fingerprint density at radius 1 is 1.14 bits per heavy atom. The van der Waals surface area contributed by atoms with E-state index in [1.165, 1.54) is 9.80 Å². The second kappa shape index (κ2) is 7.99. The Bertz CT molecular complexity index is 789. The highest BCUT2D eigenvalue weighted by Gasteiger charge is 2.54. The molecule has 1 saturated carbocycles. The SMILES string of the molecule is C[NH+]1CCN(C(=O)[C@@H]2COC3(CCCCC3)N2C(=O)c2ccc(F)cc2F)CC1. The summed E-state index contributed by atoms with van der Waals surface area (Å²) in [5.41, 5.74) is -1.10. The molecule has 2 aliphatic heterocycles. The Labute approximate surface area is 169 Å². The van der Waals surface area contributed by atoms with Crippen LogP contribution in [0.4, 0.5) is 8.78 Å². The van der Waals surface area contributed by atoms with Crippen molar-refractivity contribution < 1.29 is 28.0 Å². The van der Waals surface area contributed by atoms with E-state index in [1.807, 2.05) is 0 Å². The van der Waals surface area contributed by atoms with Crippen molar-refractivity contribution in [3.05, 3.63) is 35.4 Å². The van der Waals surface area contributed by atoms with Gasteiger partial charge in [0.25, 0.3) is 5.91 Å². The van der Waals surface area contributed by atoms with E-state index in [2.05, 4.69) is 7.05 Å². The van der Waals surface area contributed by atoms with Crippen LogP contribution in [0.1, 0.15) is 42.5 Å². The molecule has 2 amide bonds. The largest absolute Gasteiger partial charge is 0.353 e. The van der Waals surface area contributed by atoms with E-state index in [4.69, 9.17) is 4.74 Å². The zero-order valence-corrected chi connectivity index (χ0v) is 16.8. The number of benzene rings is 1. The van der Waals surface area contributed by atoms with Crippen molar-refractivity contribution in [1.82, 2.24) is 9.80 Å². The molecule has 2 saturated heterocycles. The van der Waals surface area contributed by atoms with Crippen LogP contribution in [-0.2, 0) is 9.53 Å². The second-order valence-corrected chi connectivity index (χ2v) is 8.42. The molecule has 1 N–H and O–H groups in total. The van der Waals surface area contributed by atoms with Crippen LogP contribution in [-0.4, -0.2) is 73.2 Å². The van der Waals surface area contributed by atoms with Crippen molar-refractivity contribution in [2.24, 2.45) is 0 Å². The summed E-state index contributed by atoms with van der Waals surface area (Å²) in [7, 11) is 2.09. The number of halogens is 2. The lowest BCUT2D eigenvalue weighted by Crippen LogP contribution is -3.12. The first-order valence-electron chi connectivity index (χ1n) is 10.4. The van der Waals surface area contributed by atoms with E-state index >= 15 is 0 Å². The Hall–Kier alpha value is -2.06. The van der Waals surface area contributed by atoms with Crippen LogP contribution in [0.2, 0.25) is 0 Å². The highest BCUT2D eigenvalue weighted by atomic mass is 19.1. The molecule has 3 aliphatic rings. The summed E-state index contributed by atoms with van der Waals surface area (Å²) >= 11 is 0. The lowest BCUT2D eigenvalue weighted by Gasteiger charge is -2.42. The number of rotatable bonds is 2. The monoisotopic (exact) mass is 408 g/mol. The van der Waals surface area contributed by atoms with Gasteiger partial charge in [-0.2, -0.15) is 0 Å². The van der Waals surface area contributed by atoms with Crippen LogP contribution in [0, 0.1) is 11.6 Å². The number of hydrogen-bond acceptors (Lipinski definition) is 3. The summed E-state index contributed by atoms with van der Waals surface area (Å²) in [5, 5.41) is 0. The molecule has 1 aromatic carbocycles. The normalized spacial score (nSPS) is 24.9. The minimum Gasteiger partial charge on any atom is -0.353 e. The number of carbonyl (C=O) groups excluding carboxylic acids is 2. The number of nitrogens with one attached hydrogen (secondary N) is 1. The Morgan fingerprint density at radius 3 is 2.48 bits per heavy atom. The second-order valence-electron chi connectivity index (χ2n) is 8.42. The fourth-order valence-corrected chi connectivity index (χ4v) is 4.77. The maximum atomic E-state index is 14.4. The van der Waals surface area contributed by atoms with Gasteiger partial charge in [0.1, 0.15) is 23.4 Å². The summed E-state index contributed by atoms with van der Waals surface area (Å²) in [4.78, 5) is 31.3. The predicted octanol–water partition coefficient (Wildman–Crippen LogP) is 0.823. The highest BCUT2D eigenvalue weighted by Crippen LogP contribution is 2.42. The molecule has 4 rings (SSSR count). The minimum absolute atomic E-state index is 0.118. The van der Waals surface area contributed by atoms with Gasteiger partial charge in [-0.3, -0.25) is 14.5 Å². The van der Waals surface area contributed by atoms with E-state index in [0.29, 0.717) is 32.0 Å². The molecule has 158 valence electrons. The van der Waals surface area contributed by atoms with Gasteiger partial charge in [-0.05, 0) is 37.8 Å². The molecule has 3 fully saturated rings. The fourth-order valence-electron chi connectivity index (χ4n) is 4.77. The average molecular weight is 408 g/mol. The quantitative estimate of drug-likeness (QED) is 0.789. The lowest BCUT2D eigenvalue weighted by molar-refractivity contribution is -0.883. The van der Waals surface area contributed by atoms with Crippen molar-refractivity contribution in [3.8, 4) is 0 Å². The number of quaternary nitrogens is 1. The number of nitrogens with zero attached hydrogens (tertiary/aromatic N) is 2. The Morgan fingerprint density at radius 2 is 1.83 bits per heavy atom. The molecule has 0 aromatic heterocycles. The third-order valence-corrected chi connectivity index (χ3v) is 6.49. The molecule has 2 heterocycles. The molecule has 29 heavy (non-hydrogen) atoms. The number of piperazine rings is 1. The number of likely N-dealkylation sites (N-methyl/N-ethyl adjacent to an activating group) is 1. The predicted molar refractivity (Wildman–Crippen MR) is 101 cm³/mol. The first-order chi connectivity index (χ1) is 13.9. The topological polar surface area (TPSA) is 54.3 Å². The third-order valence-electron chi connectivity index (χ3n) is 6.49. The van der Waals surface area contributed by atoms with Crippen molar-refractivity contribution in [2.45, 2.75) is 43.9 Å². The number of amides is 2. The number of hydrogen-bond donors (Lipinski definition) is 1. The summed E-state index contributed by atoms with van der Waals surface area (Å²) in [6.45, 7) is 3.07. The van der Waals surface area contributed by atoms with E-state index < -0.39 is 29.3 Å². The summed E-state index contributed by atoms with van der Waals surface area (Å²) < 4.78 is 33.9. The molecule has 1 aromatic rings. The van der Waals surface area contributed by atoms with Crippen LogP contribution in [0.5, 0.6) is 0 Å². The Kier molecular flexibility index (Phi) is 5.57. The average Bonchev–Trinajstić information content (AvgIpc) is 3.06. The van der Waals surface area contributed by atoms with Gasteiger partial charge in [-0.1, -0.05) is 6.42 Å². The number of ether oxygens (including phenoxy) is 1. The van der Waals surface area contributed by atoms with E-state index in [0.717, 1.165) is 44.5 Å². The van der Waals surface area contributed by atoms with Gasteiger partial charge in [-0.15, -0.1) is 0 Å². The van der Waals surface area contributed by atoms with Crippen LogP contribution >= 0.6 is 0 Å². The van der Waals surface area contributed by atoms with Crippen molar-refractivity contribution in [3.63, 3.8) is 0 Å². The first-order valence-corrected chi connectivity index (χ1v) is 10.4.